The van der Waals surface area contributed by atoms with E-state index >= 15 is 0 Å². The summed E-state index contributed by atoms with van der Waals surface area (Å²) in [7, 11) is 1.96. The fourth-order valence-electron chi connectivity index (χ4n) is 1.67. The molecule has 0 aromatic carbocycles. The van der Waals surface area contributed by atoms with Crippen molar-refractivity contribution in [1.29, 1.82) is 0 Å². The van der Waals surface area contributed by atoms with E-state index in [0.29, 0.717) is 6.61 Å². The highest BCUT2D eigenvalue weighted by molar-refractivity contribution is 5.13. The van der Waals surface area contributed by atoms with Crippen LogP contribution in [-0.2, 0) is 13.5 Å². The first-order chi connectivity index (χ1) is 6.15. The molecule has 0 saturated heterocycles. The van der Waals surface area contributed by atoms with Gasteiger partial charge in [-0.2, -0.15) is 5.10 Å². The largest absolute Gasteiger partial charge is 0.396 e. The van der Waals surface area contributed by atoms with Gasteiger partial charge in [-0.25, -0.2) is 0 Å². The van der Waals surface area contributed by atoms with Crippen molar-refractivity contribution in [2.75, 3.05) is 6.61 Å². The van der Waals surface area contributed by atoms with Crippen molar-refractivity contribution < 1.29 is 5.11 Å². The molecule has 1 aromatic heterocycles. The van der Waals surface area contributed by atoms with Crippen LogP contribution in [0.5, 0.6) is 0 Å². The zero-order chi connectivity index (χ0) is 9.47. The van der Waals surface area contributed by atoms with E-state index in [1.54, 1.807) is 0 Å². The van der Waals surface area contributed by atoms with E-state index in [0.717, 1.165) is 25.0 Å². The van der Waals surface area contributed by atoms with E-state index in [2.05, 4.69) is 18.1 Å². The van der Waals surface area contributed by atoms with Crippen molar-refractivity contribution in [3.8, 4) is 0 Å². The molecule has 72 valence electrons. The summed E-state index contributed by atoms with van der Waals surface area (Å²) in [6, 6.07) is 2.11. The minimum atomic E-state index is 0.181. The van der Waals surface area contributed by atoms with Crippen LogP contribution in [0.3, 0.4) is 0 Å². The lowest BCUT2D eigenvalue weighted by Gasteiger charge is -2.07. The van der Waals surface area contributed by atoms with Crippen LogP contribution in [0.1, 0.15) is 24.2 Å². The molecular formula is C10H16N2O. The molecule has 1 aliphatic rings. The summed E-state index contributed by atoms with van der Waals surface area (Å²) in [6.07, 6.45) is 3.24. The van der Waals surface area contributed by atoms with E-state index in [4.69, 9.17) is 5.11 Å². The molecule has 0 unspecified atom stereocenters. The molecule has 3 heteroatoms. The standard InChI is InChI=1S/C10H16N2O/c1-8-5-9(11-12(8)2)6-10(7-13)3-4-10/h5,13H,3-4,6-7H2,1-2H3. The Morgan fingerprint density at radius 2 is 2.31 bits per heavy atom. The van der Waals surface area contributed by atoms with Gasteiger partial charge in [0.25, 0.3) is 0 Å². The Morgan fingerprint density at radius 1 is 1.62 bits per heavy atom. The Labute approximate surface area is 78.4 Å². The fraction of sp³-hybridized carbons (Fsp3) is 0.700. The molecule has 0 atom stereocenters. The Morgan fingerprint density at radius 3 is 2.69 bits per heavy atom. The normalized spacial score (nSPS) is 19.0. The SMILES string of the molecule is Cc1cc(CC2(CO)CC2)nn1C. The number of aliphatic hydroxyl groups is 1. The van der Waals surface area contributed by atoms with E-state index in [-0.39, 0.29) is 5.41 Å². The second-order valence-electron chi connectivity index (χ2n) is 4.24. The predicted molar refractivity (Wildman–Crippen MR) is 50.4 cm³/mol. The van der Waals surface area contributed by atoms with Gasteiger partial charge in [-0.05, 0) is 37.7 Å². The number of rotatable bonds is 3. The third kappa shape index (κ3) is 1.61. The second-order valence-corrected chi connectivity index (χ2v) is 4.24. The Kier molecular flexibility index (Phi) is 1.91. The van der Waals surface area contributed by atoms with Crippen LogP contribution in [0.15, 0.2) is 6.07 Å². The van der Waals surface area contributed by atoms with Gasteiger partial charge in [-0.15, -0.1) is 0 Å². The first-order valence-electron chi connectivity index (χ1n) is 4.76. The number of aliphatic hydroxyl groups excluding tert-OH is 1. The van der Waals surface area contributed by atoms with E-state index < -0.39 is 0 Å². The van der Waals surface area contributed by atoms with Crippen molar-refractivity contribution in [3.63, 3.8) is 0 Å². The Hall–Kier alpha value is -0.830. The molecule has 0 aliphatic heterocycles. The molecule has 0 amide bonds. The van der Waals surface area contributed by atoms with Crippen molar-refractivity contribution in [2.45, 2.75) is 26.2 Å². The molecule has 1 heterocycles. The van der Waals surface area contributed by atoms with Gasteiger partial charge in [0.2, 0.25) is 0 Å². The van der Waals surface area contributed by atoms with Crippen LogP contribution in [0.4, 0.5) is 0 Å². The van der Waals surface area contributed by atoms with Crippen molar-refractivity contribution in [1.82, 2.24) is 9.78 Å². The van der Waals surface area contributed by atoms with Crippen LogP contribution in [0, 0.1) is 12.3 Å². The van der Waals surface area contributed by atoms with Crippen LogP contribution in [0.25, 0.3) is 0 Å². The topological polar surface area (TPSA) is 38.1 Å². The number of hydrogen-bond donors (Lipinski definition) is 1. The molecule has 3 nitrogen and oxygen atoms in total. The molecule has 13 heavy (non-hydrogen) atoms. The first kappa shape index (κ1) is 8.75. The molecule has 2 rings (SSSR count). The molecule has 0 spiro atoms. The summed E-state index contributed by atoms with van der Waals surface area (Å²) < 4.78 is 1.89. The second kappa shape index (κ2) is 2.84. The van der Waals surface area contributed by atoms with Gasteiger partial charge in [0.05, 0.1) is 5.69 Å². The van der Waals surface area contributed by atoms with Crippen molar-refractivity contribution in [2.24, 2.45) is 12.5 Å². The van der Waals surface area contributed by atoms with Gasteiger partial charge >= 0.3 is 0 Å². The number of hydrogen-bond acceptors (Lipinski definition) is 2. The maximum Gasteiger partial charge on any atom is 0.0633 e. The van der Waals surface area contributed by atoms with Crippen molar-refractivity contribution in [3.05, 3.63) is 17.5 Å². The highest BCUT2D eigenvalue weighted by Gasteiger charge is 2.42. The summed E-state index contributed by atoms with van der Waals surface area (Å²) in [5.41, 5.74) is 2.48. The van der Waals surface area contributed by atoms with Crippen molar-refractivity contribution >= 4 is 0 Å². The highest BCUT2D eigenvalue weighted by atomic mass is 16.3. The van der Waals surface area contributed by atoms with Gasteiger partial charge in [0, 0.05) is 19.3 Å². The fourth-order valence-corrected chi connectivity index (χ4v) is 1.67. The minimum absolute atomic E-state index is 0.181. The summed E-state index contributed by atoms with van der Waals surface area (Å²) in [5, 5.41) is 13.5. The third-order valence-corrected chi connectivity index (χ3v) is 3.01. The van der Waals surface area contributed by atoms with Gasteiger partial charge in [-0.3, -0.25) is 4.68 Å². The van der Waals surface area contributed by atoms with Crippen LogP contribution >= 0.6 is 0 Å². The summed E-state index contributed by atoms with van der Waals surface area (Å²) in [5.74, 6) is 0. The number of aryl methyl sites for hydroxylation is 2. The third-order valence-electron chi connectivity index (χ3n) is 3.01. The van der Waals surface area contributed by atoms with Crippen LogP contribution in [0.2, 0.25) is 0 Å². The lowest BCUT2D eigenvalue weighted by Crippen LogP contribution is -2.10. The smallest absolute Gasteiger partial charge is 0.0633 e. The number of aromatic nitrogens is 2. The van der Waals surface area contributed by atoms with Gasteiger partial charge in [0.15, 0.2) is 0 Å². The predicted octanol–water partition coefficient (Wildman–Crippen LogP) is 1.04. The quantitative estimate of drug-likeness (QED) is 0.754. The zero-order valence-corrected chi connectivity index (χ0v) is 8.25. The lowest BCUT2D eigenvalue weighted by molar-refractivity contribution is 0.210. The van der Waals surface area contributed by atoms with E-state index in [1.807, 2.05) is 11.7 Å². The molecule has 1 aromatic rings. The number of nitrogens with zero attached hydrogens (tertiary/aromatic N) is 2. The first-order valence-corrected chi connectivity index (χ1v) is 4.76. The van der Waals surface area contributed by atoms with E-state index in [9.17, 15) is 0 Å². The summed E-state index contributed by atoms with van der Waals surface area (Å²) >= 11 is 0. The van der Waals surface area contributed by atoms with Gasteiger partial charge in [0.1, 0.15) is 0 Å². The molecule has 1 fully saturated rings. The Bertz CT molecular complexity index is 293. The average molecular weight is 180 g/mol. The van der Waals surface area contributed by atoms with Gasteiger partial charge < -0.3 is 5.11 Å². The maximum absolute atomic E-state index is 9.16. The molecule has 1 N–H and O–H groups in total. The van der Waals surface area contributed by atoms with Crippen LogP contribution < -0.4 is 0 Å². The van der Waals surface area contributed by atoms with Gasteiger partial charge in [-0.1, -0.05) is 0 Å². The average Bonchev–Trinajstić information content (AvgIpc) is 2.78. The molecule has 1 aliphatic carbocycles. The minimum Gasteiger partial charge on any atom is -0.396 e. The van der Waals surface area contributed by atoms with Crippen LogP contribution in [-0.4, -0.2) is 21.5 Å². The monoisotopic (exact) mass is 180 g/mol. The summed E-state index contributed by atoms with van der Waals surface area (Å²) in [6.45, 7) is 2.36. The molecule has 0 radical (unpaired) electrons. The summed E-state index contributed by atoms with van der Waals surface area (Å²) in [4.78, 5) is 0. The molecule has 0 bridgehead atoms. The Balaban J connectivity index is 2.10. The molecule has 1 saturated carbocycles. The molecular weight excluding hydrogens is 164 g/mol. The lowest BCUT2D eigenvalue weighted by atomic mass is 10.0. The zero-order valence-electron chi connectivity index (χ0n) is 8.25. The highest BCUT2D eigenvalue weighted by Crippen LogP contribution is 2.47. The maximum atomic E-state index is 9.16. The van der Waals surface area contributed by atoms with E-state index in [1.165, 1.54) is 5.69 Å².